The Labute approximate surface area is 153 Å². The van der Waals surface area contributed by atoms with Crippen molar-refractivity contribution in [1.29, 1.82) is 0 Å². The first-order valence-electron chi connectivity index (χ1n) is 10.7. The van der Waals surface area contributed by atoms with E-state index in [4.69, 9.17) is 9.31 Å². The lowest BCUT2D eigenvalue weighted by atomic mass is 9.77. The first kappa shape index (κ1) is 17.6. The molecule has 136 valence electrons. The van der Waals surface area contributed by atoms with Gasteiger partial charge in [0.25, 0.3) is 0 Å². The van der Waals surface area contributed by atoms with Crippen LogP contribution < -0.4 is 0 Å². The highest BCUT2D eigenvalue weighted by Gasteiger charge is 2.46. The lowest BCUT2D eigenvalue weighted by molar-refractivity contribution is 0.0324. The average molecular weight is 340 g/mol. The molecule has 2 nitrogen and oxygen atoms in total. The van der Waals surface area contributed by atoms with Gasteiger partial charge in [0.1, 0.15) is 0 Å². The maximum Gasteiger partial charge on any atom is 0.457 e. The normalized spacial score (nSPS) is 29.2. The molecular weight excluding hydrogens is 307 g/mol. The van der Waals surface area contributed by atoms with Gasteiger partial charge in [-0.3, -0.25) is 0 Å². The van der Waals surface area contributed by atoms with Crippen molar-refractivity contribution >= 4 is 7.12 Å². The zero-order chi connectivity index (χ0) is 16.9. The van der Waals surface area contributed by atoms with Gasteiger partial charge in [0, 0.05) is 0 Å². The van der Waals surface area contributed by atoms with Crippen molar-refractivity contribution < 1.29 is 9.31 Å². The lowest BCUT2D eigenvalue weighted by Crippen LogP contribution is -2.38. The van der Waals surface area contributed by atoms with Gasteiger partial charge < -0.3 is 9.31 Å². The van der Waals surface area contributed by atoms with E-state index in [0.29, 0.717) is 12.2 Å². The summed E-state index contributed by atoms with van der Waals surface area (Å²) in [5.74, 6) is 1.48. The second-order valence-corrected chi connectivity index (χ2v) is 8.45. The van der Waals surface area contributed by atoms with Crippen LogP contribution in [0, 0.1) is 11.8 Å². The van der Waals surface area contributed by atoms with Gasteiger partial charge in [-0.2, -0.15) is 0 Å². The number of rotatable bonds is 5. The lowest BCUT2D eigenvalue weighted by Gasteiger charge is -2.35. The fraction of sp³-hybridized carbons (Fsp3) is 0.727. The molecule has 25 heavy (non-hydrogen) atoms. The van der Waals surface area contributed by atoms with Crippen LogP contribution in [0.2, 0.25) is 6.32 Å². The van der Waals surface area contributed by atoms with E-state index in [0.717, 1.165) is 24.6 Å². The Morgan fingerprint density at radius 1 is 0.720 bits per heavy atom. The molecule has 3 fully saturated rings. The zero-order valence-corrected chi connectivity index (χ0v) is 15.6. The van der Waals surface area contributed by atoms with Crippen LogP contribution in [0.5, 0.6) is 0 Å². The van der Waals surface area contributed by atoms with E-state index >= 15 is 0 Å². The summed E-state index contributed by atoms with van der Waals surface area (Å²) in [7, 11) is 0.0130. The highest BCUT2D eigenvalue weighted by Crippen LogP contribution is 2.40. The molecule has 3 aliphatic rings. The maximum absolute atomic E-state index is 6.57. The van der Waals surface area contributed by atoms with Crippen molar-refractivity contribution in [3.05, 3.63) is 35.9 Å². The second-order valence-electron chi connectivity index (χ2n) is 8.45. The summed E-state index contributed by atoms with van der Waals surface area (Å²) in [5.41, 5.74) is 1.39. The Bertz CT molecular complexity index is 482. The Morgan fingerprint density at radius 3 is 1.76 bits per heavy atom. The Morgan fingerprint density at radius 2 is 1.24 bits per heavy atom. The summed E-state index contributed by atoms with van der Waals surface area (Å²) in [6, 6.07) is 10.8. The van der Waals surface area contributed by atoms with Crippen LogP contribution in [0.15, 0.2) is 30.3 Å². The first-order chi connectivity index (χ1) is 12.4. The molecular formula is C22H33BO2. The van der Waals surface area contributed by atoms with Gasteiger partial charge in [0.2, 0.25) is 0 Å². The van der Waals surface area contributed by atoms with E-state index < -0.39 is 0 Å². The summed E-state index contributed by atoms with van der Waals surface area (Å²) < 4.78 is 13.1. The molecule has 2 saturated carbocycles. The van der Waals surface area contributed by atoms with Gasteiger partial charge in [0.15, 0.2) is 0 Å². The van der Waals surface area contributed by atoms with Gasteiger partial charge in [-0.1, -0.05) is 68.9 Å². The molecule has 1 aliphatic heterocycles. The van der Waals surface area contributed by atoms with E-state index in [2.05, 4.69) is 30.3 Å². The Kier molecular flexibility index (Phi) is 6.15. The molecule has 4 rings (SSSR count). The Hall–Kier alpha value is -0.795. The van der Waals surface area contributed by atoms with Crippen molar-refractivity contribution in [2.24, 2.45) is 11.8 Å². The SMILES string of the molecule is c1ccc(CCB2O[C@H](C3CCCCC3)[C@@H](C3CCCCC3)O2)cc1. The summed E-state index contributed by atoms with van der Waals surface area (Å²) in [6.07, 6.45) is 16.5. The Balaban J connectivity index is 1.39. The molecule has 0 bridgehead atoms. The maximum atomic E-state index is 6.57. The minimum atomic E-state index is 0.0130. The van der Waals surface area contributed by atoms with E-state index in [-0.39, 0.29) is 7.12 Å². The van der Waals surface area contributed by atoms with Gasteiger partial charge in [-0.25, -0.2) is 0 Å². The van der Waals surface area contributed by atoms with Crippen LogP contribution in [0.4, 0.5) is 0 Å². The summed E-state index contributed by atoms with van der Waals surface area (Å²) in [4.78, 5) is 0. The predicted octanol–water partition coefficient (Wildman–Crippen LogP) is 5.66. The van der Waals surface area contributed by atoms with Crippen LogP contribution in [0.25, 0.3) is 0 Å². The van der Waals surface area contributed by atoms with Gasteiger partial charge in [0.05, 0.1) is 12.2 Å². The monoisotopic (exact) mass is 340 g/mol. The summed E-state index contributed by atoms with van der Waals surface area (Å²) in [6.45, 7) is 0. The topological polar surface area (TPSA) is 18.5 Å². The van der Waals surface area contributed by atoms with Crippen molar-refractivity contribution in [2.45, 2.75) is 89.2 Å². The number of hydrogen-bond acceptors (Lipinski definition) is 2. The zero-order valence-electron chi connectivity index (χ0n) is 15.6. The average Bonchev–Trinajstić information content (AvgIpc) is 3.13. The number of hydrogen-bond donors (Lipinski definition) is 0. The third-order valence-corrected chi connectivity index (χ3v) is 6.68. The van der Waals surface area contributed by atoms with Crippen LogP contribution in [0.3, 0.4) is 0 Å². The van der Waals surface area contributed by atoms with Gasteiger partial charge >= 0.3 is 7.12 Å². The smallest absolute Gasteiger partial charge is 0.405 e. The minimum absolute atomic E-state index is 0.0130. The molecule has 2 aliphatic carbocycles. The van der Waals surface area contributed by atoms with Crippen LogP contribution in [0.1, 0.15) is 69.8 Å². The molecule has 1 aromatic carbocycles. The molecule has 2 atom stereocenters. The highest BCUT2D eigenvalue weighted by molar-refractivity contribution is 6.45. The van der Waals surface area contributed by atoms with Gasteiger partial charge in [-0.05, 0) is 55.8 Å². The minimum Gasteiger partial charge on any atom is -0.405 e. The molecule has 1 saturated heterocycles. The summed E-state index contributed by atoms with van der Waals surface area (Å²) in [5, 5.41) is 0. The third-order valence-electron chi connectivity index (χ3n) is 6.68. The molecule has 0 aromatic heterocycles. The van der Waals surface area contributed by atoms with E-state index in [1.54, 1.807) is 0 Å². The molecule has 0 radical (unpaired) electrons. The third kappa shape index (κ3) is 4.49. The number of aryl methyl sites for hydroxylation is 1. The standard InChI is InChI=1S/C22H33BO2/c1-4-10-18(11-5-1)16-17-23-24-21(19-12-6-2-7-13-19)22(25-23)20-14-8-3-9-15-20/h1,4-5,10-11,19-22H,2-3,6-9,12-17H2/t21-,22-/m1/s1. The fourth-order valence-electron chi connectivity index (χ4n) is 5.29. The highest BCUT2D eigenvalue weighted by atomic mass is 16.7. The molecule has 3 heteroatoms. The van der Waals surface area contributed by atoms with Gasteiger partial charge in [-0.15, -0.1) is 0 Å². The molecule has 1 heterocycles. The molecule has 0 unspecified atom stereocenters. The molecule has 0 spiro atoms. The van der Waals surface area contributed by atoms with Crippen LogP contribution in [-0.4, -0.2) is 19.3 Å². The molecule has 0 N–H and O–H groups in total. The molecule has 0 amide bonds. The second kappa shape index (κ2) is 8.73. The fourth-order valence-corrected chi connectivity index (χ4v) is 5.29. The predicted molar refractivity (Wildman–Crippen MR) is 104 cm³/mol. The van der Waals surface area contributed by atoms with Crippen molar-refractivity contribution in [1.82, 2.24) is 0 Å². The number of benzene rings is 1. The van der Waals surface area contributed by atoms with Crippen LogP contribution in [-0.2, 0) is 15.7 Å². The summed E-state index contributed by atoms with van der Waals surface area (Å²) >= 11 is 0. The van der Waals surface area contributed by atoms with Crippen molar-refractivity contribution in [3.63, 3.8) is 0 Å². The quantitative estimate of drug-likeness (QED) is 0.644. The van der Waals surface area contributed by atoms with E-state index in [1.807, 2.05) is 0 Å². The van der Waals surface area contributed by atoms with E-state index in [9.17, 15) is 0 Å². The van der Waals surface area contributed by atoms with Crippen molar-refractivity contribution in [3.8, 4) is 0 Å². The van der Waals surface area contributed by atoms with Crippen LogP contribution >= 0.6 is 0 Å². The van der Waals surface area contributed by atoms with Crippen molar-refractivity contribution in [2.75, 3.05) is 0 Å². The largest absolute Gasteiger partial charge is 0.457 e. The first-order valence-corrected chi connectivity index (χ1v) is 10.7. The molecule has 1 aromatic rings. The van der Waals surface area contributed by atoms with E-state index in [1.165, 1.54) is 69.8 Å².